The molecule has 4 heterocycles. The number of halogens is 1. The quantitative estimate of drug-likeness (QED) is 0.411. The molecule has 5 rings (SSSR count). The zero-order valence-electron chi connectivity index (χ0n) is 25.6. The van der Waals surface area contributed by atoms with Crippen LogP contribution in [0.15, 0.2) is 12.1 Å². The summed E-state index contributed by atoms with van der Waals surface area (Å²) in [6.45, 7) is 14.9. The summed E-state index contributed by atoms with van der Waals surface area (Å²) in [6.07, 6.45) is 7.06. The third-order valence-corrected chi connectivity index (χ3v) is 8.94. The van der Waals surface area contributed by atoms with Gasteiger partial charge < -0.3 is 24.8 Å². The van der Waals surface area contributed by atoms with Gasteiger partial charge in [-0.05, 0) is 75.6 Å². The average molecular weight is 565 g/mol. The molecule has 0 spiro atoms. The number of anilines is 2. The second-order valence-corrected chi connectivity index (χ2v) is 13.0. The van der Waals surface area contributed by atoms with Gasteiger partial charge in [0.25, 0.3) is 0 Å². The summed E-state index contributed by atoms with van der Waals surface area (Å²) in [4.78, 5) is 17.2. The van der Waals surface area contributed by atoms with E-state index < -0.39 is 6.17 Å². The van der Waals surface area contributed by atoms with Crippen LogP contribution in [0.5, 0.6) is 5.75 Å². The molecule has 0 aliphatic carbocycles. The summed E-state index contributed by atoms with van der Waals surface area (Å²) >= 11 is 0. The lowest BCUT2D eigenvalue weighted by molar-refractivity contribution is 0.120. The first-order valence-electron chi connectivity index (χ1n) is 15.8. The third kappa shape index (κ3) is 7.81. The minimum Gasteiger partial charge on any atom is -0.495 e. The normalized spacial score (nSPS) is 21.0. The van der Waals surface area contributed by atoms with Gasteiger partial charge in [0.1, 0.15) is 17.7 Å². The van der Waals surface area contributed by atoms with E-state index in [-0.39, 0.29) is 0 Å². The topological polar surface area (TPSA) is 56.8 Å². The van der Waals surface area contributed by atoms with Crippen LogP contribution in [0.2, 0.25) is 0 Å². The van der Waals surface area contributed by atoms with E-state index in [4.69, 9.17) is 14.7 Å². The Labute approximate surface area is 246 Å². The molecule has 7 nitrogen and oxygen atoms in total. The molecular formula is C33H49FN6O. The van der Waals surface area contributed by atoms with Crippen molar-refractivity contribution in [1.82, 2.24) is 19.8 Å². The molecule has 0 saturated carbocycles. The fraction of sp³-hybridized carbons (Fsp3) is 0.697. The molecule has 0 atom stereocenters. The largest absolute Gasteiger partial charge is 0.495 e. The second-order valence-electron chi connectivity index (χ2n) is 13.0. The van der Waals surface area contributed by atoms with Crippen LogP contribution in [0.25, 0.3) is 10.9 Å². The molecule has 0 bridgehead atoms. The number of fused-ring (bicyclic) bond motifs is 1. The van der Waals surface area contributed by atoms with Gasteiger partial charge in [-0.15, -0.1) is 0 Å². The Balaban J connectivity index is 1.39. The Bertz CT molecular complexity index is 1220. The monoisotopic (exact) mass is 564 g/mol. The van der Waals surface area contributed by atoms with Crippen LogP contribution in [0.3, 0.4) is 0 Å². The molecule has 41 heavy (non-hydrogen) atoms. The smallest absolute Gasteiger partial charge is 0.227 e. The van der Waals surface area contributed by atoms with E-state index in [1.54, 1.807) is 7.11 Å². The number of aromatic nitrogens is 2. The summed E-state index contributed by atoms with van der Waals surface area (Å²) in [5.74, 6) is 9.06. The first-order chi connectivity index (χ1) is 19.8. The number of rotatable bonds is 8. The van der Waals surface area contributed by atoms with Crippen molar-refractivity contribution < 1.29 is 9.13 Å². The summed E-state index contributed by atoms with van der Waals surface area (Å²) in [6, 6.07) is 4.45. The number of ether oxygens (including phenoxy) is 1. The zero-order chi connectivity index (χ0) is 28.8. The van der Waals surface area contributed by atoms with Crippen LogP contribution < -0.4 is 15.0 Å². The zero-order valence-corrected chi connectivity index (χ0v) is 25.6. The Morgan fingerprint density at radius 3 is 2.51 bits per heavy atom. The number of nitrogens with one attached hydrogen (secondary N) is 1. The number of alkyl halides is 1. The van der Waals surface area contributed by atoms with Crippen molar-refractivity contribution in [1.29, 1.82) is 0 Å². The first kappa shape index (κ1) is 29.8. The van der Waals surface area contributed by atoms with Crippen LogP contribution in [0, 0.1) is 17.3 Å². The number of hydrogen-bond donors (Lipinski definition) is 1. The van der Waals surface area contributed by atoms with Gasteiger partial charge in [-0.1, -0.05) is 32.6 Å². The van der Waals surface area contributed by atoms with E-state index in [2.05, 4.69) is 52.6 Å². The maximum absolute atomic E-state index is 13.9. The van der Waals surface area contributed by atoms with Gasteiger partial charge in [-0.25, -0.2) is 9.37 Å². The van der Waals surface area contributed by atoms with E-state index in [0.29, 0.717) is 43.3 Å². The number of likely N-dealkylation sites (tertiary alicyclic amines) is 2. The molecule has 3 aliphatic rings. The van der Waals surface area contributed by atoms with E-state index in [0.717, 1.165) is 86.6 Å². The molecule has 3 aliphatic heterocycles. The van der Waals surface area contributed by atoms with Crippen molar-refractivity contribution in [3.8, 4) is 17.6 Å². The van der Waals surface area contributed by atoms with Gasteiger partial charge >= 0.3 is 0 Å². The summed E-state index contributed by atoms with van der Waals surface area (Å²) < 4.78 is 19.7. The molecule has 3 saturated heterocycles. The van der Waals surface area contributed by atoms with Gasteiger partial charge in [0.05, 0.1) is 18.2 Å². The average Bonchev–Trinajstić information content (AvgIpc) is 2.96. The van der Waals surface area contributed by atoms with Crippen LogP contribution in [-0.4, -0.2) is 91.4 Å². The van der Waals surface area contributed by atoms with Gasteiger partial charge in [-0.2, -0.15) is 4.98 Å². The van der Waals surface area contributed by atoms with E-state index in [9.17, 15) is 4.39 Å². The number of benzene rings is 1. The highest BCUT2D eigenvalue weighted by molar-refractivity contribution is 5.93. The third-order valence-electron chi connectivity index (χ3n) is 8.94. The standard InChI is InChI=1S/C33H49FN6O/c1-5-15-38-18-12-27(13-19-38)35-31-28-23-30(41-4)25(9-6-7-16-39-17-8-14-33(2,3)24-39)22-29(28)36-32(37-31)40-20-10-26(34)11-21-40/h22-23,26-27H,5,7-8,10-21,24H2,1-4H3,(H,35,36,37). The maximum atomic E-state index is 13.9. The van der Waals surface area contributed by atoms with Crippen molar-refractivity contribution in [2.75, 3.05) is 69.7 Å². The lowest BCUT2D eigenvalue weighted by Gasteiger charge is -2.37. The van der Waals surface area contributed by atoms with Gasteiger partial charge in [0.2, 0.25) is 5.95 Å². The van der Waals surface area contributed by atoms with Crippen LogP contribution >= 0.6 is 0 Å². The lowest BCUT2D eigenvalue weighted by atomic mass is 9.84. The fourth-order valence-electron chi connectivity index (χ4n) is 6.63. The predicted octanol–water partition coefficient (Wildman–Crippen LogP) is 5.73. The number of hydrogen-bond acceptors (Lipinski definition) is 7. The van der Waals surface area contributed by atoms with E-state index in [1.807, 2.05) is 12.1 Å². The molecule has 1 aromatic carbocycles. The summed E-state index contributed by atoms with van der Waals surface area (Å²) in [7, 11) is 1.70. The number of methoxy groups -OCH3 is 1. The van der Waals surface area contributed by atoms with E-state index >= 15 is 0 Å². The van der Waals surface area contributed by atoms with Crippen LogP contribution in [-0.2, 0) is 0 Å². The first-order valence-corrected chi connectivity index (χ1v) is 15.8. The van der Waals surface area contributed by atoms with Gasteiger partial charge in [0, 0.05) is 57.1 Å². The molecule has 2 aromatic rings. The maximum Gasteiger partial charge on any atom is 0.227 e. The molecular weight excluding hydrogens is 515 g/mol. The molecule has 1 aromatic heterocycles. The van der Waals surface area contributed by atoms with E-state index in [1.165, 1.54) is 19.3 Å². The molecule has 1 N–H and O–H groups in total. The van der Waals surface area contributed by atoms with Crippen molar-refractivity contribution in [2.24, 2.45) is 5.41 Å². The summed E-state index contributed by atoms with van der Waals surface area (Å²) in [5.41, 5.74) is 2.10. The molecule has 224 valence electrons. The molecule has 0 radical (unpaired) electrons. The van der Waals surface area contributed by atoms with Crippen molar-refractivity contribution in [3.63, 3.8) is 0 Å². The minimum atomic E-state index is -0.736. The lowest BCUT2D eigenvalue weighted by Crippen LogP contribution is -2.40. The Kier molecular flexibility index (Phi) is 9.87. The van der Waals surface area contributed by atoms with Crippen molar-refractivity contribution >= 4 is 22.7 Å². The predicted molar refractivity (Wildman–Crippen MR) is 167 cm³/mol. The number of piperidine rings is 3. The highest BCUT2D eigenvalue weighted by Gasteiger charge is 2.26. The number of nitrogens with zero attached hydrogens (tertiary/aromatic N) is 5. The fourth-order valence-corrected chi connectivity index (χ4v) is 6.63. The molecule has 0 unspecified atom stereocenters. The molecule has 0 amide bonds. The SMILES string of the molecule is CCCN1CCC(Nc2nc(N3CCC(F)CC3)nc3cc(C#CCCN4CCCC(C)(C)C4)c(OC)cc23)CC1. The van der Waals surface area contributed by atoms with Crippen LogP contribution in [0.1, 0.15) is 77.7 Å². The Morgan fingerprint density at radius 2 is 1.80 bits per heavy atom. The summed E-state index contributed by atoms with van der Waals surface area (Å²) in [5, 5.41) is 4.71. The highest BCUT2D eigenvalue weighted by atomic mass is 19.1. The second kappa shape index (κ2) is 13.6. The molecule has 3 fully saturated rings. The highest BCUT2D eigenvalue weighted by Crippen LogP contribution is 2.33. The molecule has 8 heteroatoms. The van der Waals surface area contributed by atoms with Crippen molar-refractivity contribution in [3.05, 3.63) is 17.7 Å². The van der Waals surface area contributed by atoms with Gasteiger partial charge in [0.15, 0.2) is 0 Å². The van der Waals surface area contributed by atoms with Crippen LogP contribution in [0.4, 0.5) is 16.2 Å². The van der Waals surface area contributed by atoms with Gasteiger partial charge in [-0.3, -0.25) is 0 Å². The van der Waals surface area contributed by atoms with Crippen molar-refractivity contribution in [2.45, 2.75) is 84.4 Å². The minimum absolute atomic E-state index is 0.357. The Hall–Kier alpha value is -2.63. The Morgan fingerprint density at radius 1 is 1.02 bits per heavy atom.